The summed E-state index contributed by atoms with van der Waals surface area (Å²) in [5.41, 5.74) is 1.33. The molecule has 5 heteroatoms. The molecule has 1 atom stereocenters. The second-order valence-electron chi connectivity index (χ2n) is 6.53. The molecular weight excluding hydrogens is 318 g/mol. The minimum absolute atomic E-state index is 0.0148. The topological polar surface area (TPSA) is 70.7 Å². The zero-order valence-corrected chi connectivity index (χ0v) is 14.2. The lowest BCUT2D eigenvalue weighted by molar-refractivity contribution is 0.0566. The fraction of sp³-hybridized carbons (Fsp3) is 0.400. The third-order valence-electron chi connectivity index (χ3n) is 4.79. The van der Waals surface area contributed by atoms with Gasteiger partial charge >= 0.3 is 5.97 Å². The van der Waals surface area contributed by atoms with E-state index in [4.69, 9.17) is 9.52 Å². The van der Waals surface area contributed by atoms with E-state index in [0.29, 0.717) is 6.54 Å². The molecule has 1 aromatic heterocycles. The Balaban J connectivity index is 1.61. The molecule has 0 spiro atoms. The molecule has 1 aromatic carbocycles. The Kier molecular flexibility index (Phi) is 5.53. The van der Waals surface area contributed by atoms with Crippen LogP contribution in [0.5, 0.6) is 0 Å². The van der Waals surface area contributed by atoms with Crippen LogP contribution >= 0.6 is 0 Å². The van der Waals surface area contributed by atoms with Crippen molar-refractivity contribution in [1.82, 2.24) is 4.90 Å². The number of carbonyl (C=O) groups is 2. The number of carbonyl (C=O) groups excluding carboxylic acids is 1. The van der Waals surface area contributed by atoms with E-state index in [1.165, 1.54) is 11.6 Å². The number of aromatic carboxylic acids is 1. The Morgan fingerprint density at radius 1 is 1.20 bits per heavy atom. The quantitative estimate of drug-likeness (QED) is 0.862. The molecule has 1 saturated heterocycles. The van der Waals surface area contributed by atoms with Gasteiger partial charge in [0, 0.05) is 18.7 Å². The Labute approximate surface area is 147 Å². The van der Waals surface area contributed by atoms with Gasteiger partial charge in [-0.05, 0) is 44.1 Å². The number of benzene rings is 1. The highest BCUT2D eigenvalue weighted by Crippen LogP contribution is 2.24. The smallest absolute Gasteiger partial charge is 0.338 e. The SMILES string of the molecule is O=C(O)c1coc(C(=O)N2CCCCC2CCCc2ccccc2)c1. The summed E-state index contributed by atoms with van der Waals surface area (Å²) in [4.78, 5) is 25.5. The predicted molar refractivity (Wildman–Crippen MR) is 93.7 cm³/mol. The molecule has 1 fully saturated rings. The Hall–Kier alpha value is -2.56. The average Bonchev–Trinajstić information content (AvgIpc) is 3.13. The minimum Gasteiger partial charge on any atom is -0.478 e. The van der Waals surface area contributed by atoms with E-state index >= 15 is 0 Å². The van der Waals surface area contributed by atoms with Crippen molar-refractivity contribution in [3.8, 4) is 0 Å². The lowest BCUT2D eigenvalue weighted by Gasteiger charge is -2.35. The van der Waals surface area contributed by atoms with Gasteiger partial charge in [0.05, 0.1) is 5.56 Å². The summed E-state index contributed by atoms with van der Waals surface area (Å²) in [7, 11) is 0. The van der Waals surface area contributed by atoms with Gasteiger partial charge in [-0.25, -0.2) is 4.79 Å². The van der Waals surface area contributed by atoms with Gasteiger partial charge in [-0.15, -0.1) is 0 Å². The van der Waals surface area contributed by atoms with E-state index in [-0.39, 0.29) is 23.3 Å². The largest absolute Gasteiger partial charge is 0.478 e. The second kappa shape index (κ2) is 8.01. The molecule has 1 amide bonds. The maximum atomic E-state index is 12.7. The number of rotatable bonds is 6. The fourth-order valence-corrected chi connectivity index (χ4v) is 3.46. The minimum atomic E-state index is -1.08. The maximum Gasteiger partial charge on any atom is 0.338 e. The van der Waals surface area contributed by atoms with Crippen LogP contribution in [0.3, 0.4) is 0 Å². The fourth-order valence-electron chi connectivity index (χ4n) is 3.46. The monoisotopic (exact) mass is 341 g/mol. The third kappa shape index (κ3) is 4.29. The molecule has 1 unspecified atom stereocenters. The van der Waals surface area contributed by atoms with Gasteiger partial charge in [-0.1, -0.05) is 30.3 Å². The van der Waals surface area contributed by atoms with Crippen LogP contribution < -0.4 is 0 Å². The number of hydrogen-bond donors (Lipinski definition) is 1. The van der Waals surface area contributed by atoms with Crippen LogP contribution in [0.4, 0.5) is 0 Å². The summed E-state index contributed by atoms with van der Waals surface area (Å²) in [5, 5.41) is 8.98. The van der Waals surface area contributed by atoms with Crippen molar-refractivity contribution in [3.63, 3.8) is 0 Å². The molecule has 1 aliphatic heterocycles. The summed E-state index contributed by atoms with van der Waals surface area (Å²) in [6.45, 7) is 0.706. The van der Waals surface area contributed by atoms with Crippen LogP contribution in [0.25, 0.3) is 0 Å². The van der Waals surface area contributed by atoms with E-state index in [9.17, 15) is 9.59 Å². The van der Waals surface area contributed by atoms with E-state index < -0.39 is 5.97 Å². The lowest BCUT2D eigenvalue weighted by atomic mass is 9.95. The number of carboxylic acids is 1. The number of carboxylic acid groups (broad SMARTS) is 1. The number of nitrogens with zero attached hydrogens (tertiary/aromatic N) is 1. The Morgan fingerprint density at radius 3 is 2.72 bits per heavy atom. The summed E-state index contributed by atoms with van der Waals surface area (Å²) >= 11 is 0. The van der Waals surface area contributed by atoms with Gasteiger partial charge in [0.15, 0.2) is 5.76 Å². The van der Waals surface area contributed by atoms with Crippen molar-refractivity contribution in [2.45, 2.75) is 44.6 Å². The van der Waals surface area contributed by atoms with Crippen molar-refractivity contribution in [1.29, 1.82) is 0 Å². The van der Waals surface area contributed by atoms with Gasteiger partial charge in [0.1, 0.15) is 6.26 Å². The maximum absolute atomic E-state index is 12.7. The first-order valence-electron chi connectivity index (χ1n) is 8.82. The van der Waals surface area contributed by atoms with E-state index in [1.54, 1.807) is 0 Å². The number of likely N-dealkylation sites (tertiary alicyclic amines) is 1. The van der Waals surface area contributed by atoms with Crippen LogP contribution in [-0.2, 0) is 6.42 Å². The molecule has 0 aliphatic carbocycles. The number of aryl methyl sites for hydroxylation is 1. The molecule has 132 valence electrons. The number of hydrogen-bond acceptors (Lipinski definition) is 3. The lowest BCUT2D eigenvalue weighted by Crippen LogP contribution is -2.43. The number of amides is 1. The van der Waals surface area contributed by atoms with Gasteiger partial charge in [-0.2, -0.15) is 0 Å². The second-order valence-corrected chi connectivity index (χ2v) is 6.53. The highest BCUT2D eigenvalue weighted by molar-refractivity contribution is 5.95. The average molecular weight is 341 g/mol. The summed E-state index contributed by atoms with van der Waals surface area (Å²) in [6, 6.07) is 11.9. The number of furan rings is 1. The molecular formula is C20H23NO4. The zero-order chi connectivity index (χ0) is 17.6. The van der Waals surface area contributed by atoms with E-state index in [2.05, 4.69) is 12.1 Å². The van der Waals surface area contributed by atoms with Crippen molar-refractivity contribution < 1.29 is 19.1 Å². The van der Waals surface area contributed by atoms with Crippen molar-refractivity contribution in [3.05, 3.63) is 59.5 Å². The molecule has 5 nitrogen and oxygen atoms in total. The summed E-state index contributed by atoms with van der Waals surface area (Å²) in [6.07, 6.45) is 7.20. The van der Waals surface area contributed by atoms with Gasteiger partial charge < -0.3 is 14.4 Å². The standard InChI is InChI=1S/C20H23NO4/c22-19(18-13-16(14-25-18)20(23)24)21-12-5-4-10-17(21)11-6-9-15-7-2-1-3-8-15/h1-3,7-8,13-14,17H,4-6,9-12H2,(H,23,24). The third-order valence-corrected chi connectivity index (χ3v) is 4.79. The Bertz CT molecular complexity index is 722. The van der Waals surface area contributed by atoms with Crippen LogP contribution in [0.1, 0.15) is 58.6 Å². The van der Waals surface area contributed by atoms with Crippen molar-refractivity contribution >= 4 is 11.9 Å². The molecule has 25 heavy (non-hydrogen) atoms. The highest BCUT2D eigenvalue weighted by Gasteiger charge is 2.29. The van der Waals surface area contributed by atoms with Crippen molar-refractivity contribution in [2.24, 2.45) is 0 Å². The van der Waals surface area contributed by atoms with Gasteiger partial charge in [-0.3, -0.25) is 4.79 Å². The number of piperidine rings is 1. The van der Waals surface area contributed by atoms with Crippen LogP contribution in [0.15, 0.2) is 47.1 Å². The zero-order valence-electron chi connectivity index (χ0n) is 14.2. The van der Waals surface area contributed by atoms with Crippen LogP contribution in [0.2, 0.25) is 0 Å². The first-order valence-corrected chi connectivity index (χ1v) is 8.82. The van der Waals surface area contributed by atoms with Crippen molar-refractivity contribution in [2.75, 3.05) is 6.54 Å². The molecule has 1 N–H and O–H groups in total. The predicted octanol–water partition coefficient (Wildman–Crippen LogP) is 4.00. The molecule has 0 saturated carbocycles. The first-order chi connectivity index (χ1) is 12.1. The van der Waals surface area contributed by atoms with E-state index in [1.807, 2.05) is 23.1 Å². The molecule has 3 rings (SSSR count). The highest BCUT2D eigenvalue weighted by atomic mass is 16.4. The Morgan fingerprint density at radius 2 is 2.00 bits per heavy atom. The molecule has 2 heterocycles. The normalized spacial score (nSPS) is 17.4. The molecule has 0 radical (unpaired) electrons. The molecule has 1 aliphatic rings. The summed E-state index contributed by atoms with van der Waals surface area (Å²) < 4.78 is 5.19. The van der Waals surface area contributed by atoms with Gasteiger partial charge in [0.2, 0.25) is 0 Å². The molecule has 2 aromatic rings. The van der Waals surface area contributed by atoms with Gasteiger partial charge in [0.25, 0.3) is 5.91 Å². The molecule has 0 bridgehead atoms. The van der Waals surface area contributed by atoms with E-state index in [0.717, 1.165) is 44.8 Å². The van der Waals surface area contributed by atoms with Crippen LogP contribution in [0, 0.1) is 0 Å². The first kappa shape index (κ1) is 17.3. The summed E-state index contributed by atoms with van der Waals surface area (Å²) in [5.74, 6) is -1.16. The van der Waals surface area contributed by atoms with Crippen LogP contribution in [-0.4, -0.2) is 34.5 Å².